The first-order chi connectivity index (χ1) is 8.25. The van der Waals surface area contributed by atoms with Crippen LogP contribution in [-0.4, -0.2) is 15.8 Å². The molecule has 0 aromatic carbocycles. The summed E-state index contributed by atoms with van der Waals surface area (Å²) < 4.78 is 0. The summed E-state index contributed by atoms with van der Waals surface area (Å²) in [5, 5.41) is 3.01. The summed E-state index contributed by atoms with van der Waals surface area (Å²) in [6, 6.07) is 1.90. The average Bonchev–Trinajstić information content (AvgIpc) is 2.81. The second kappa shape index (κ2) is 4.04. The summed E-state index contributed by atoms with van der Waals surface area (Å²) in [5.74, 6) is 0.418. The number of nitrogens with zero attached hydrogens (tertiary/aromatic N) is 2. The van der Waals surface area contributed by atoms with E-state index in [4.69, 9.17) is 0 Å². The van der Waals surface area contributed by atoms with Crippen molar-refractivity contribution in [2.24, 2.45) is 0 Å². The fourth-order valence-electron chi connectivity index (χ4n) is 2.39. The Morgan fingerprint density at radius 3 is 2.94 bits per heavy atom. The summed E-state index contributed by atoms with van der Waals surface area (Å²) in [4.78, 5) is 20.8. The number of pyridine rings is 1. The average molecular weight is 244 g/mol. The van der Waals surface area contributed by atoms with Crippen molar-refractivity contribution in [1.82, 2.24) is 9.97 Å². The zero-order chi connectivity index (χ0) is 11.8. The van der Waals surface area contributed by atoms with Gasteiger partial charge in [0.1, 0.15) is 0 Å². The van der Waals surface area contributed by atoms with Crippen LogP contribution < -0.4 is 0 Å². The van der Waals surface area contributed by atoms with Crippen LogP contribution in [0, 0.1) is 6.92 Å². The highest BCUT2D eigenvalue weighted by molar-refractivity contribution is 7.09. The highest BCUT2D eigenvalue weighted by atomic mass is 32.1. The molecular weight excluding hydrogens is 232 g/mol. The van der Waals surface area contributed by atoms with Gasteiger partial charge in [-0.15, -0.1) is 11.3 Å². The van der Waals surface area contributed by atoms with Crippen LogP contribution in [0.1, 0.15) is 39.0 Å². The van der Waals surface area contributed by atoms with Crippen LogP contribution in [0.15, 0.2) is 23.8 Å². The van der Waals surface area contributed by atoms with E-state index in [1.807, 2.05) is 18.4 Å². The Kier molecular flexibility index (Phi) is 2.52. The molecule has 2 heterocycles. The third-order valence-electron chi connectivity index (χ3n) is 3.19. The number of carbonyl (C=O) groups is 1. The SMILES string of the molecule is Cc1ccnc2c1C(=O)CC(c1nccs1)C2. The molecule has 0 amide bonds. The molecule has 0 saturated heterocycles. The normalized spacial score (nSPS) is 19.1. The van der Waals surface area contributed by atoms with E-state index in [1.54, 1.807) is 23.7 Å². The van der Waals surface area contributed by atoms with Crippen molar-refractivity contribution in [3.05, 3.63) is 45.7 Å². The zero-order valence-electron chi connectivity index (χ0n) is 9.51. The second-order valence-electron chi connectivity index (χ2n) is 4.35. The predicted molar refractivity (Wildman–Crippen MR) is 66.5 cm³/mol. The number of Topliss-reactive ketones (excluding diaryl/α,β-unsaturated/α-hetero) is 1. The number of thiazole rings is 1. The minimum Gasteiger partial charge on any atom is -0.294 e. The van der Waals surface area contributed by atoms with Crippen LogP contribution in [0.5, 0.6) is 0 Å². The van der Waals surface area contributed by atoms with Gasteiger partial charge >= 0.3 is 0 Å². The molecule has 2 aromatic rings. The fraction of sp³-hybridized carbons (Fsp3) is 0.308. The van der Waals surface area contributed by atoms with E-state index >= 15 is 0 Å². The first-order valence-electron chi connectivity index (χ1n) is 5.63. The molecule has 1 aliphatic rings. The van der Waals surface area contributed by atoms with Crippen LogP contribution in [0.2, 0.25) is 0 Å². The van der Waals surface area contributed by atoms with E-state index in [0.29, 0.717) is 6.42 Å². The van der Waals surface area contributed by atoms with Crippen molar-refractivity contribution in [3.8, 4) is 0 Å². The summed E-state index contributed by atoms with van der Waals surface area (Å²) in [5.41, 5.74) is 2.80. The molecule has 4 heteroatoms. The van der Waals surface area contributed by atoms with E-state index in [0.717, 1.165) is 28.2 Å². The number of aryl methyl sites for hydroxylation is 1. The van der Waals surface area contributed by atoms with E-state index in [-0.39, 0.29) is 11.7 Å². The van der Waals surface area contributed by atoms with Crippen molar-refractivity contribution in [3.63, 3.8) is 0 Å². The third-order valence-corrected chi connectivity index (χ3v) is 4.13. The van der Waals surface area contributed by atoms with Gasteiger partial charge < -0.3 is 0 Å². The van der Waals surface area contributed by atoms with Gasteiger partial charge in [-0.2, -0.15) is 0 Å². The maximum Gasteiger partial charge on any atom is 0.165 e. The Bertz CT molecular complexity index is 563. The Morgan fingerprint density at radius 1 is 1.29 bits per heavy atom. The molecule has 3 nitrogen and oxygen atoms in total. The molecule has 0 aliphatic heterocycles. The smallest absolute Gasteiger partial charge is 0.165 e. The largest absolute Gasteiger partial charge is 0.294 e. The topological polar surface area (TPSA) is 42.9 Å². The molecule has 1 unspecified atom stereocenters. The minimum atomic E-state index is 0.206. The number of hydrogen-bond donors (Lipinski definition) is 0. The molecule has 2 aromatic heterocycles. The highest BCUT2D eigenvalue weighted by Gasteiger charge is 2.29. The number of carbonyl (C=O) groups excluding carboxylic acids is 1. The van der Waals surface area contributed by atoms with E-state index < -0.39 is 0 Å². The van der Waals surface area contributed by atoms with Crippen molar-refractivity contribution in [2.45, 2.75) is 25.7 Å². The molecular formula is C13H12N2OS. The van der Waals surface area contributed by atoms with Gasteiger partial charge in [0.25, 0.3) is 0 Å². The molecule has 0 N–H and O–H groups in total. The maximum absolute atomic E-state index is 12.1. The number of hydrogen-bond acceptors (Lipinski definition) is 4. The molecule has 1 atom stereocenters. The molecule has 0 radical (unpaired) electrons. The van der Waals surface area contributed by atoms with E-state index in [2.05, 4.69) is 9.97 Å². The van der Waals surface area contributed by atoms with Crippen molar-refractivity contribution in [1.29, 1.82) is 0 Å². The van der Waals surface area contributed by atoms with E-state index in [1.165, 1.54) is 0 Å². The molecule has 0 spiro atoms. The highest BCUT2D eigenvalue weighted by Crippen LogP contribution is 2.33. The molecule has 0 bridgehead atoms. The van der Waals surface area contributed by atoms with Crippen molar-refractivity contribution < 1.29 is 4.79 Å². The van der Waals surface area contributed by atoms with E-state index in [9.17, 15) is 4.79 Å². The van der Waals surface area contributed by atoms with Gasteiger partial charge in [0.2, 0.25) is 0 Å². The molecule has 1 aliphatic carbocycles. The third kappa shape index (κ3) is 1.78. The molecule has 0 fully saturated rings. The molecule has 86 valence electrons. The van der Waals surface area contributed by atoms with Gasteiger partial charge in [0.15, 0.2) is 5.78 Å². The van der Waals surface area contributed by atoms with Crippen molar-refractivity contribution >= 4 is 17.1 Å². The summed E-state index contributed by atoms with van der Waals surface area (Å²) in [6.45, 7) is 1.97. The molecule has 17 heavy (non-hydrogen) atoms. The molecule has 0 saturated carbocycles. The first-order valence-corrected chi connectivity index (χ1v) is 6.50. The zero-order valence-corrected chi connectivity index (χ0v) is 10.3. The van der Waals surface area contributed by atoms with Crippen molar-refractivity contribution in [2.75, 3.05) is 0 Å². The first kappa shape index (κ1) is 10.6. The number of fused-ring (bicyclic) bond motifs is 1. The Hall–Kier alpha value is -1.55. The summed E-state index contributed by atoms with van der Waals surface area (Å²) in [6.07, 6.45) is 4.97. The minimum absolute atomic E-state index is 0.206. The Labute approximate surface area is 104 Å². The van der Waals surface area contributed by atoms with Crippen LogP contribution >= 0.6 is 11.3 Å². The van der Waals surface area contributed by atoms with Crippen LogP contribution in [0.25, 0.3) is 0 Å². The van der Waals surface area contributed by atoms with Crippen LogP contribution in [-0.2, 0) is 6.42 Å². The lowest BCUT2D eigenvalue weighted by Gasteiger charge is -2.22. The fourth-order valence-corrected chi connectivity index (χ4v) is 3.13. The standard InChI is InChI=1S/C13H12N2OS/c1-8-2-3-14-10-6-9(7-11(16)12(8)10)13-15-4-5-17-13/h2-5,9H,6-7H2,1H3. The second-order valence-corrected chi connectivity index (χ2v) is 5.27. The lowest BCUT2D eigenvalue weighted by atomic mass is 9.84. The predicted octanol–water partition coefficient (Wildman–Crippen LogP) is 2.76. The van der Waals surface area contributed by atoms with Gasteiger partial charge in [-0.25, -0.2) is 4.98 Å². The van der Waals surface area contributed by atoms with Gasteiger partial charge in [-0.3, -0.25) is 9.78 Å². The monoisotopic (exact) mass is 244 g/mol. The van der Waals surface area contributed by atoms with Crippen LogP contribution in [0.4, 0.5) is 0 Å². The number of ketones is 1. The maximum atomic E-state index is 12.1. The Morgan fingerprint density at radius 2 is 2.18 bits per heavy atom. The molecule has 3 rings (SSSR count). The number of rotatable bonds is 1. The Balaban J connectivity index is 2.02. The van der Waals surface area contributed by atoms with Gasteiger partial charge in [-0.1, -0.05) is 0 Å². The lowest BCUT2D eigenvalue weighted by Crippen LogP contribution is -2.21. The summed E-state index contributed by atoms with van der Waals surface area (Å²) in [7, 11) is 0. The van der Waals surface area contributed by atoms with Gasteiger partial charge in [0.05, 0.1) is 10.7 Å². The van der Waals surface area contributed by atoms with Gasteiger partial charge in [-0.05, 0) is 18.6 Å². The summed E-state index contributed by atoms with van der Waals surface area (Å²) >= 11 is 1.62. The lowest BCUT2D eigenvalue weighted by molar-refractivity contribution is 0.0962. The van der Waals surface area contributed by atoms with Gasteiger partial charge in [0, 0.05) is 42.1 Å². The van der Waals surface area contributed by atoms with Crippen LogP contribution in [0.3, 0.4) is 0 Å². The quantitative estimate of drug-likeness (QED) is 0.774. The number of aromatic nitrogens is 2.